The number of rotatable bonds is 4. The Bertz CT molecular complexity index is 592. The monoisotopic (exact) mass is 359 g/mol. The van der Waals surface area contributed by atoms with Crippen LogP contribution in [0, 0.1) is 5.82 Å². The molecular formula is C14H12BrClFNS. The molecule has 0 bridgehead atoms. The van der Waals surface area contributed by atoms with E-state index in [9.17, 15) is 4.39 Å². The van der Waals surface area contributed by atoms with Gasteiger partial charge in [0.1, 0.15) is 5.82 Å². The van der Waals surface area contributed by atoms with Crippen LogP contribution in [0.1, 0.15) is 5.56 Å². The van der Waals surface area contributed by atoms with Gasteiger partial charge in [-0.25, -0.2) is 4.39 Å². The molecule has 0 atom stereocenters. The van der Waals surface area contributed by atoms with Crippen LogP contribution in [0.5, 0.6) is 0 Å². The molecule has 1 nitrogen and oxygen atoms in total. The molecule has 0 aliphatic carbocycles. The smallest absolute Gasteiger partial charge is 0.129 e. The Kier molecular flexibility index (Phi) is 5.13. The topological polar surface area (TPSA) is 12.0 Å². The maximum Gasteiger partial charge on any atom is 0.129 e. The third-order valence-corrected chi connectivity index (χ3v) is 4.92. The fourth-order valence-corrected chi connectivity index (χ4v) is 3.51. The van der Waals surface area contributed by atoms with Crippen LogP contribution in [0.25, 0.3) is 0 Å². The van der Waals surface area contributed by atoms with Crippen molar-refractivity contribution in [3.8, 4) is 0 Å². The Hall–Kier alpha value is -0.710. The molecule has 0 amide bonds. The van der Waals surface area contributed by atoms with Crippen molar-refractivity contribution < 1.29 is 4.39 Å². The van der Waals surface area contributed by atoms with Crippen molar-refractivity contribution in [2.45, 2.75) is 10.6 Å². The van der Waals surface area contributed by atoms with Crippen LogP contribution < -0.4 is 5.32 Å². The summed E-state index contributed by atoms with van der Waals surface area (Å²) in [5.41, 5.74) is 1.48. The fourth-order valence-electron chi connectivity index (χ4n) is 1.68. The van der Waals surface area contributed by atoms with Crippen LogP contribution in [0.3, 0.4) is 0 Å². The van der Waals surface area contributed by atoms with Gasteiger partial charge in [0.25, 0.3) is 0 Å². The highest BCUT2D eigenvalue weighted by atomic mass is 79.9. The van der Waals surface area contributed by atoms with E-state index < -0.39 is 0 Å². The van der Waals surface area contributed by atoms with E-state index in [1.54, 1.807) is 24.9 Å². The minimum atomic E-state index is -0.197. The average Bonchev–Trinajstić information content (AvgIpc) is 2.40. The third-order valence-electron chi connectivity index (χ3n) is 2.65. The summed E-state index contributed by atoms with van der Waals surface area (Å²) in [6.45, 7) is 0. The number of hydrogen-bond acceptors (Lipinski definition) is 2. The number of hydrogen-bond donors (Lipinski definition) is 1. The zero-order valence-corrected chi connectivity index (χ0v) is 13.4. The lowest BCUT2D eigenvalue weighted by Crippen LogP contribution is -1.97. The molecule has 2 aromatic rings. The van der Waals surface area contributed by atoms with Crippen molar-refractivity contribution in [3.05, 3.63) is 57.3 Å². The summed E-state index contributed by atoms with van der Waals surface area (Å²) in [7, 11) is 1.79. The van der Waals surface area contributed by atoms with E-state index in [2.05, 4.69) is 21.2 Å². The number of halogens is 3. The molecule has 0 radical (unpaired) electrons. The second kappa shape index (κ2) is 6.64. The van der Waals surface area contributed by atoms with Gasteiger partial charge in [0, 0.05) is 38.4 Å². The van der Waals surface area contributed by atoms with E-state index in [1.807, 2.05) is 24.3 Å². The average molecular weight is 361 g/mol. The molecule has 0 fully saturated rings. The Morgan fingerprint density at radius 2 is 2.11 bits per heavy atom. The van der Waals surface area contributed by atoms with E-state index in [0.29, 0.717) is 16.3 Å². The van der Waals surface area contributed by atoms with E-state index in [0.717, 1.165) is 15.1 Å². The second-order valence-corrected chi connectivity index (χ2v) is 6.19. The Morgan fingerprint density at radius 1 is 1.32 bits per heavy atom. The normalized spacial score (nSPS) is 10.5. The van der Waals surface area contributed by atoms with Gasteiger partial charge < -0.3 is 5.32 Å². The third kappa shape index (κ3) is 3.65. The zero-order valence-electron chi connectivity index (χ0n) is 10.2. The number of thioether (sulfide) groups is 1. The van der Waals surface area contributed by atoms with Crippen molar-refractivity contribution in [1.82, 2.24) is 0 Å². The van der Waals surface area contributed by atoms with Gasteiger partial charge in [-0.2, -0.15) is 0 Å². The predicted molar refractivity (Wildman–Crippen MR) is 84.7 cm³/mol. The first kappa shape index (κ1) is 14.7. The molecular weight excluding hydrogens is 349 g/mol. The van der Waals surface area contributed by atoms with E-state index in [-0.39, 0.29) is 5.82 Å². The van der Waals surface area contributed by atoms with Crippen molar-refractivity contribution in [2.24, 2.45) is 0 Å². The molecule has 0 aromatic heterocycles. The molecule has 0 saturated carbocycles. The maximum absolute atomic E-state index is 13.8. The van der Waals surface area contributed by atoms with Crippen LogP contribution in [0.15, 0.2) is 45.8 Å². The van der Waals surface area contributed by atoms with E-state index in [4.69, 9.17) is 11.6 Å². The number of benzene rings is 2. The molecule has 5 heteroatoms. The minimum absolute atomic E-state index is 0.197. The molecule has 0 spiro atoms. The van der Waals surface area contributed by atoms with Crippen LogP contribution >= 0.6 is 39.3 Å². The lowest BCUT2D eigenvalue weighted by molar-refractivity contribution is 0.618. The van der Waals surface area contributed by atoms with Crippen LogP contribution in [0.4, 0.5) is 10.1 Å². The van der Waals surface area contributed by atoms with Gasteiger partial charge >= 0.3 is 0 Å². The van der Waals surface area contributed by atoms with Crippen molar-refractivity contribution in [2.75, 3.05) is 12.4 Å². The summed E-state index contributed by atoms with van der Waals surface area (Å²) in [6.07, 6.45) is 0. The van der Waals surface area contributed by atoms with Gasteiger partial charge in [0.2, 0.25) is 0 Å². The standard InChI is InChI=1S/C14H12BrClFNS/c1-18-13-4-2-3-12(17)10(13)8-19-14-7-9(16)5-6-11(14)15/h2-7,18H,8H2,1H3. The minimum Gasteiger partial charge on any atom is -0.388 e. The summed E-state index contributed by atoms with van der Waals surface area (Å²) in [5.74, 6) is 0.347. The molecule has 0 aliphatic rings. The molecule has 100 valence electrons. The highest BCUT2D eigenvalue weighted by molar-refractivity contribution is 9.10. The van der Waals surface area contributed by atoms with Gasteiger partial charge in [-0.15, -0.1) is 11.8 Å². The van der Waals surface area contributed by atoms with E-state index >= 15 is 0 Å². The van der Waals surface area contributed by atoms with Gasteiger partial charge in [0.15, 0.2) is 0 Å². The lowest BCUT2D eigenvalue weighted by atomic mass is 10.2. The zero-order chi connectivity index (χ0) is 13.8. The highest BCUT2D eigenvalue weighted by Gasteiger charge is 2.09. The van der Waals surface area contributed by atoms with Crippen LogP contribution in [-0.4, -0.2) is 7.05 Å². The molecule has 1 N–H and O–H groups in total. The van der Waals surface area contributed by atoms with Gasteiger partial charge in [-0.05, 0) is 46.3 Å². The van der Waals surface area contributed by atoms with Gasteiger partial charge in [-0.3, -0.25) is 0 Å². The summed E-state index contributed by atoms with van der Waals surface area (Å²) in [4.78, 5) is 0.998. The van der Waals surface area contributed by atoms with Crippen molar-refractivity contribution >= 4 is 45.0 Å². The molecule has 2 aromatic carbocycles. The number of anilines is 1. The Morgan fingerprint density at radius 3 is 2.84 bits per heavy atom. The fraction of sp³-hybridized carbons (Fsp3) is 0.143. The molecule has 0 heterocycles. The first-order chi connectivity index (χ1) is 9.11. The molecule has 19 heavy (non-hydrogen) atoms. The Balaban J connectivity index is 2.21. The molecule has 2 rings (SSSR count). The largest absolute Gasteiger partial charge is 0.388 e. The number of nitrogens with one attached hydrogen (secondary N) is 1. The summed E-state index contributed by atoms with van der Waals surface area (Å²) < 4.78 is 14.8. The molecule has 0 unspecified atom stereocenters. The Labute approximate surface area is 129 Å². The highest BCUT2D eigenvalue weighted by Crippen LogP contribution is 2.34. The predicted octanol–water partition coefficient (Wildman–Crippen LogP) is 5.58. The summed E-state index contributed by atoms with van der Waals surface area (Å²) in [6, 6.07) is 10.6. The SMILES string of the molecule is CNc1cccc(F)c1CSc1cc(Cl)ccc1Br. The summed E-state index contributed by atoms with van der Waals surface area (Å²) in [5, 5.41) is 3.68. The maximum atomic E-state index is 13.8. The van der Waals surface area contributed by atoms with Gasteiger partial charge in [-0.1, -0.05) is 17.7 Å². The first-order valence-corrected chi connectivity index (χ1v) is 7.80. The van der Waals surface area contributed by atoms with Crippen LogP contribution in [0.2, 0.25) is 5.02 Å². The second-order valence-electron chi connectivity index (χ2n) is 3.88. The van der Waals surface area contributed by atoms with Crippen molar-refractivity contribution in [3.63, 3.8) is 0 Å². The molecule has 0 saturated heterocycles. The quantitative estimate of drug-likeness (QED) is 0.715. The summed E-state index contributed by atoms with van der Waals surface area (Å²) >= 11 is 11.0. The lowest BCUT2D eigenvalue weighted by Gasteiger charge is -2.10. The van der Waals surface area contributed by atoms with E-state index in [1.165, 1.54) is 6.07 Å². The van der Waals surface area contributed by atoms with Gasteiger partial charge in [0.05, 0.1) is 0 Å². The van der Waals surface area contributed by atoms with Crippen molar-refractivity contribution in [1.29, 1.82) is 0 Å². The van der Waals surface area contributed by atoms with Crippen LogP contribution in [-0.2, 0) is 5.75 Å². The molecule has 0 aliphatic heterocycles. The first-order valence-electron chi connectivity index (χ1n) is 5.65.